The lowest BCUT2D eigenvalue weighted by atomic mass is 10.4. The van der Waals surface area contributed by atoms with Gasteiger partial charge in [-0.3, -0.25) is 11.0 Å². The van der Waals surface area contributed by atoms with Crippen LogP contribution in [-0.2, 0) is 11.8 Å². The Balaban J connectivity index is 3.09. The highest BCUT2D eigenvalue weighted by atomic mass is 32.4. The van der Waals surface area contributed by atoms with Gasteiger partial charge in [0.15, 0.2) is 0 Å². The summed E-state index contributed by atoms with van der Waals surface area (Å²) in [6.45, 7) is 0. The molecule has 0 unspecified atom stereocenters. The monoisotopic (exact) mass is 172 g/mol. The van der Waals surface area contributed by atoms with Gasteiger partial charge in [-0.05, 0) is 0 Å². The van der Waals surface area contributed by atoms with E-state index in [-0.39, 0.29) is 0 Å². The average molecular weight is 172 g/mol. The van der Waals surface area contributed by atoms with Crippen LogP contribution in [0.1, 0.15) is 0 Å². The zero-order chi connectivity index (χ0) is 7.61. The molecule has 10 heavy (non-hydrogen) atoms. The molecule has 4 N–H and O–H groups in total. The topological polar surface area (TPSA) is 52.0 Å². The van der Waals surface area contributed by atoms with Crippen LogP contribution in [0.3, 0.4) is 0 Å². The minimum Gasteiger partial charge on any atom is -0.288 e. The summed E-state index contributed by atoms with van der Waals surface area (Å²) in [6, 6.07) is 9.41. The Bertz CT molecular complexity index is 254. The zero-order valence-electron chi connectivity index (χ0n) is 5.40. The predicted octanol–water partition coefficient (Wildman–Crippen LogP) is 0.539. The third-order valence-corrected chi connectivity index (χ3v) is 2.90. The molecule has 1 aromatic carbocycles. The molecule has 0 aliphatic rings. The minimum absolute atomic E-state index is 0.880. The SMILES string of the molecule is NP(N)(=S)c1ccccc1. The highest BCUT2D eigenvalue weighted by molar-refractivity contribution is 8.16. The van der Waals surface area contributed by atoms with Gasteiger partial charge in [0, 0.05) is 5.30 Å². The lowest BCUT2D eigenvalue weighted by molar-refractivity contribution is 1.72. The molecule has 1 rings (SSSR count). The molecule has 0 saturated carbocycles. The first kappa shape index (κ1) is 7.89. The summed E-state index contributed by atoms with van der Waals surface area (Å²) in [5.74, 6) is 0. The van der Waals surface area contributed by atoms with Crippen LogP contribution >= 0.6 is 6.34 Å². The van der Waals surface area contributed by atoms with Crippen LogP contribution in [0, 0.1) is 0 Å². The maximum Gasteiger partial charge on any atom is 0.0961 e. The molecule has 0 radical (unpaired) electrons. The van der Waals surface area contributed by atoms with Crippen LogP contribution in [-0.4, -0.2) is 0 Å². The molecule has 0 aliphatic carbocycles. The summed E-state index contributed by atoms with van der Waals surface area (Å²) >= 11 is 4.92. The minimum atomic E-state index is -2.18. The van der Waals surface area contributed by atoms with Crippen LogP contribution in [0.5, 0.6) is 0 Å². The molecule has 0 fully saturated rings. The fourth-order valence-corrected chi connectivity index (χ4v) is 1.66. The van der Waals surface area contributed by atoms with Gasteiger partial charge in [0.2, 0.25) is 0 Å². The molecule has 1 aromatic rings. The molecule has 0 saturated heterocycles. The van der Waals surface area contributed by atoms with Crippen molar-refractivity contribution in [1.29, 1.82) is 0 Å². The lowest BCUT2D eigenvalue weighted by Crippen LogP contribution is -2.17. The first-order chi connectivity index (χ1) is 4.61. The number of nitrogens with two attached hydrogens (primary N) is 2. The molecule has 0 aromatic heterocycles. The van der Waals surface area contributed by atoms with Gasteiger partial charge < -0.3 is 0 Å². The summed E-state index contributed by atoms with van der Waals surface area (Å²) in [6.07, 6.45) is -2.18. The smallest absolute Gasteiger partial charge is 0.0961 e. The quantitative estimate of drug-likeness (QED) is 0.608. The molecule has 0 atom stereocenters. The van der Waals surface area contributed by atoms with Crippen molar-refractivity contribution in [3.8, 4) is 0 Å². The van der Waals surface area contributed by atoms with Gasteiger partial charge in [-0.15, -0.1) is 0 Å². The van der Waals surface area contributed by atoms with Gasteiger partial charge in [-0.1, -0.05) is 42.1 Å². The van der Waals surface area contributed by atoms with E-state index in [4.69, 9.17) is 22.8 Å². The van der Waals surface area contributed by atoms with Crippen molar-refractivity contribution in [1.82, 2.24) is 0 Å². The van der Waals surface area contributed by atoms with Crippen molar-refractivity contribution in [3.63, 3.8) is 0 Å². The Morgan fingerprint density at radius 1 is 1.10 bits per heavy atom. The Morgan fingerprint density at radius 2 is 1.60 bits per heavy atom. The molecule has 0 aliphatic heterocycles. The summed E-state index contributed by atoms with van der Waals surface area (Å²) in [5, 5.41) is 0.880. The van der Waals surface area contributed by atoms with Crippen molar-refractivity contribution in [2.45, 2.75) is 0 Å². The van der Waals surface area contributed by atoms with Crippen LogP contribution in [0.4, 0.5) is 0 Å². The third kappa shape index (κ3) is 1.89. The number of hydrogen-bond donors (Lipinski definition) is 2. The molecule has 54 valence electrons. The number of rotatable bonds is 1. The second-order valence-corrected chi connectivity index (χ2v) is 5.79. The Hall–Kier alpha value is -0.210. The molecular weight excluding hydrogens is 163 g/mol. The van der Waals surface area contributed by atoms with Crippen molar-refractivity contribution >= 4 is 23.5 Å². The van der Waals surface area contributed by atoms with Crippen LogP contribution in [0.15, 0.2) is 30.3 Å². The van der Waals surface area contributed by atoms with E-state index in [2.05, 4.69) is 0 Å². The summed E-state index contributed by atoms with van der Waals surface area (Å²) in [5.41, 5.74) is 11.1. The first-order valence-electron chi connectivity index (χ1n) is 2.83. The van der Waals surface area contributed by atoms with Crippen molar-refractivity contribution in [2.75, 3.05) is 0 Å². The van der Waals surface area contributed by atoms with Crippen LogP contribution in [0.2, 0.25) is 0 Å². The zero-order valence-corrected chi connectivity index (χ0v) is 7.11. The fraction of sp³-hybridized carbons (Fsp3) is 0. The van der Waals surface area contributed by atoms with Crippen LogP contribution < -0.4 is 16.3 Å². The van der Waals surface area contributed by atoms with Gasteiger partial charge in [-0.2, -0.15) is 0 Å². The summed E-state index contributed by atoms with van der Waals surface area (Å²) in [7, 11) is 0. The van der Waals surface area contributed by atoms with Gasteiger partial charge in [0.05, 0.1) is 6.34 Å². The third-order valence-electron chi connectivity index (χ3n) is 1.16. The number of benzene rings is 1. The van der Waals surface area contributed by atoms with Gasteiger partial charge in [-0.25, -0.2) is 0 Å². The standard InChI is InChI=1S/C6H9N2PS/c7-9(8,10)6-4-2-1-3-5-6/h1-5H,(H4,7,8,10). The second kappa shape index (κ2) is 2.81. The van der Waals surface area contributed by atoms with Gasteiger partial charge in [0.1, 0.15) is 0 Å². The molecular formula is C6H9N2PS. The van der Waals surface area contributed by atoms with Gasteiger partial charge in [0.25, 0.3) is 0 Å². The largest absolute Gasteiger partial charge is 0.288 e. The van der Waals surface area contributed by atoms with Crippen molar-refractivity contribution in [2.24, 2.45) is 11.0 Å². The first-order valence-corrected chi connectivity index (χ1v) is 5.77. The number of hydrogen-bond acceptors (Lipinski definition) is 1. The van der Waals surface area contributed by atoms with Crippen molar-refractivity contribution in [3.05, 3.63) is 30.3 Å². The van der Waals surface area contributed by atoms with E-state index in [0.29, 0.717) is 0 Å². The molecule has 0 bridgehead atoms. The normalized spacial score (nSPS) is 11.4. The highest BCUT2D eigenvalue weighted by Gasteiger charge is 2.04. The summed E-state index contributed by atoms with van der Waals surface area (Å²) in [4.78, 5) is 0. The molecule has 0 amide bonds. The fourth-order valence-electron chi connectivity index (χ4n) is 0.661. The maximum absolute atomic E-state index is 5.56. The Labute approximate surface area is 65.3 Å². The molecule has 2 nitrogen and oxygen atoms in total. The van der Waals surface area contributed by atoms with Crippen LogP contribution in [0.25, 0.3) is 0 Å². The maximum atomic E-state index is 5.56. The Kier molecular flexibility index (Phi) is 2.21. The van der Waals surface area contributed by atoms with Crippen molar-refractivity contribution < 1.29 is 0 Å². The predicted molar refractivity (Wildman–Crippen MR) is 48.7 cm³/mol. The summed E-state index contributed by atoms with van der Waals surface area (Å²) < 4.78 is 0. The lowest BCUT2D eigenvalue weighted by Gasteiger charge is -2.08. The van der Waals surface area contributed by atoms with E-state index in [1.807, 2.05) is 30.3 Å². The van der Waals surface area contributed by atoms with E-state index >= 15 is 0 Å². The van der Waals surface area contributed by atoms with E-state index in [1.54, 1.807) is 0 Å². The van der Waals surface area contributed by atoms with Gasteiger partial charge >= 0.3 is 0 Å². The average Bonchev–Trinajstić information content (AvgIpc) is 1.88. The molecule has 4 heteroatoms. The van der Waals surface area contributed by atoms with E-state index in [0.717, 1.165) is 5.30 Å². The Morgan fingerprint density at radius 3 is 1.90 bits per heavy atom. The second-order valence-electron chi connectivity index (χ2n) is 2.04. The molecule has 0 heterocycles. The van der Waals surface area contributed by atoms with E-state index in [9.17, 15) is 0 Å². The van der Waals surface area contributed by atoms with E-state index < -0.39 is 6.34 Å². The molecule has 0 spiro atoms. The highest BCUT2D eigenvalue weighted by Crippen LogP contribution is 2.23. The van der Waals surface area contributed by atoms with E-state index in [1.165, 1.54) is 0 Å².